The number of benzene rings is 1. The SMILES string of the molecule is COCc1cccc(NCCC(=O)OC)c1. The summed E-state index contributed by atoms with van der Waals surface area (Å²) >= 11 is 0. The van der Waals surface area contributed by atoms with Crippen LogP contribution in [-0.2, 0) is 20.9 Å². The van der Waals surface area contributed by atoms with E-state index in [9.17, 15) is 4.79 Å². The summed E-state index contributed by atoms with van der Waals surface area (Å²) in [5.41, 5.74) is 2.09. The minimum absolute atomic E-state index is 0.208. The van der Waals surface area contributed by atoms with E-state index in [-0.39, 0.29) is 5.97 Å². The Morgan fingerprint density at radius 3 is 2.88 bits per heavy atom. The molecule has 4 heteroatoms. The molecule has 1 rings (SSSR count). The number of hydrogen-bond donors (Lipinski definition) is 1. The average Bonchev–Trinajstić information content (AvgIpc) is 2.30. The highest BCUT2D eigenvalue weighted by Gasteiger charge is 1.99. The highest BCUT2D eigenvalue weighted by atomic mass is 16.5. The van der Waals surface area contributed by atoms with Crippen LogP contribution in [0.4, 0.5) is 5.69 Å². The van der Waals surface area contributed by atoms with Gasteiger partial charge in [-0.1, -0.05) is 12.1 Å². The molecule has 0 atom stereocenters. The summed E-state index contributed by atoms with van der Waals surface area (Å²) < 4.78 is 9.59. The van der Waals surface area contributed by atoms with Crippen molar-refractivity contribution in [3.63, 3.8) is 0 Å². The van der Waals surface area contributed by atoms with E-state index >= 15 is 0 Å². The summed E-state index contributed by atoms with van der Waals surface area (Å²) in [6, 6.07) is 7.90. The number of esters is 1. The molecule has 1 N–H and O–H groups in total. The van der Waals surface area contributed by atoms with Crippen molar-refractivity contribution in [1.29, 1.82) is 0 Å². The molecule has 4 nitrogen and oxygen atoms in total. The highest BCUT2D eigenvalue weighted by Crippen LogP contribution is 2.11. The molecule has 0 bridgehead atoms. The van der Waals surface area contributed by atoms with E-state index in [0.29, 0.717) is 19.6 Å². The van der Waals surface area contributed by atoms with Gasteiger partial charge in [0.15, 0.2) is 0 Å². The first kappa shape index (κ1) is 12.5. The maximum absolute atomic E-state index is 10.9. The van der Waals surface area contributed by atoms with Crippen LogP contribution in [0.3, 0.4) is 0 Å². The number of ether oxygens (including phenoxy) is 2. The van der Waals surface area contributed by atoms with E-state index in [1.165, 1.54) is 7.11 Å². The van der Waals surface area contributed by atoms with E-state index in [4.69, 9.17) is 4.74 Å². The third kappa shape index (κ3) is 4.31. The Kier molecular flexibility index (Phi) is 5.36. The van der Waals surface area contributed by atoms with Gasteiger partial charge >= 0.3 is 5.97 Å². The smallest absolute Gasteiger partial charge is 0.307 e. The first-order valence-corrected chi connectivity index (χ1v) is 5.15. The molecule has 0 fully saturated rings. The Balaban J connectivity index is 2.41. The van der Waals surface area contributed by atoms with Crippen molar-refractivity contribution in [2.24, 2.45) is 0 Å². The van der Waals surface area contributed by atoms with Crippen LogP contribution < -0.4 is 5.32 Å². The van der Waals surface area contributed by atoms with E-state index in [0.717, 1.165) is 11.3 Å². The van der Waals surface area contributed by atoms with Crippen LogP contribution >= 0.6 is 0 Å². The number of carbonyl (C=O) groups excluding carboxylic acids is 1. The quantitative estimate of drug-likeness (QED) is 0.747. The summed E-state index contributed by atoms with van der Waals surface area (Å²) in [6.07, 6.45) is 0.366. The molecule has 0 aliphatic rings. The van der Waals surface area contributed by atoms with Crippen LogP contribution in [0.15, 0.2) is 24.3 Å². The normalized spacial score (nSPS) is 9.88. The Hall–Kier alpha value is -1.55. The molecule has 0 heterocycles. The number of anilines is 1. The second-order valence-corrected chi connectivity index (χ2v) is 3.39. The lowest BCUT2D eigenvalue weighted by molar-refractivity contribution is -0.140. The van der Waals surface area contributed by atoms with Gasteiger partial charge in [0.25, 0.3) is 0 Å². The van der Waals surface area contributed by atoms with Crippen molar-refractivity contribution < 1.29 is 14.3 Å². The molecule has 0 amide bonds. The molecule has 0 saturated carbocycles. The molecule has 88 valence electrons. The minimum atomic E-state index is -0.208. The molecule has 0 radical (unpaired) electrons. The molecule has 0 spiro atoms. The van der Waals surface area contributed by atoms with Gasteiger partial charge in [0.1, 0.15) is 0 Å². The van der Waals surface area contributed by atoms with Gasteiger partial charge in [-0.2, -0.15) is 0 Å². The van der Waals surface area contributed by atoms with Crippen molar-refractivity contribution in [1.82, 2.24) is 0 Å². The fourth-order valence-corrected chi connectivity index (χ4v) is 1.35. The molecule has 0 aliphatic heterocycles. The fraction of sp³-hybridized carbons (Fsp3) is 0.417. The van der Waals surface area contributed by atoms with Crippen LogP contribution in [0.2, 0.25) is 0 Å². The molecule has 1 aromatic rings. The van der Waals surface area contributed by atoms with E-state index in [1.807, 2.05) is 24.3 Å². The minimum Gasteiger partial charge on any atom is -0.469 e. The number of methoxy groups -OCH3 is 2. The summed E-state index contributed by atoms with van der Waals surface area (Å²) in [5, 5.41) is 3.15. The lowest BCUT2D eigenvalue weighted by atomic mass is 10.2. The van der Waals surface area contributed by atoms with Gasteiger partial charge in [0.2, 0.25) is 0 Å². The molecule has 0 unspecified atom stereocenters. The predicted octanol–water partition coefficient (Wildman–Crippen LogP) is 1.81. The summed E-state index contributed by atoms with van der Waals surface area (Å²) in [4.78, 5) is 10.9. The van der Waals surface area contributed by atoms with E-state index < -0.39 is 0 Å². The van der Waals surface area contributed by atoms with Crippen LogP contribution in [0.5, 0.6) is 0 Å². The van der Waals surface area contributed by atoms with Gasteiger partial charge in [0.05, 0.1) is 20.1 Å². The van der Waals surface area contributed by atoms with E-state index in [2.05, 4.69) is 10.1 Å². The summed E-state index contributed by atoms with van der Waals surface area (Å²) in [7, 11) is 3.05. The second kappa shape index (κ2) is 6.85. The molecular formula is C12H17NO3. The zero-order valence-electron chi connectivity index (χ0n) is 9.66. The average molecular weight is 223 g/mol. The summed E-state index contributed by atoms with van der Waals surface area (Å²) in [5.74, 6) is -0.208. The Morgan fingerprint density at radius 2 is 2.19 bits per heavy atom. The van der Waals surface area contributed by atoms with Gasteiger partial charge in [0, 0.05) is 19.3 Å². The Labute approximate surface area is 95.6 Å². The van der Waals surface area contributed by atoms with Crippen molar-refractivity contribution >= 4 is 11.7 Å². The van der Waals surface area contributed by atoms with Gasteiger partial charge in [-0.05, 0) is 17.7 Å². The maximum atomic E-state index is 10.9. The third-order valence-electron chi connectivity index (χ3n) is 2.12. The monoisotopic (exact) mass is 223 g/mol. The zero-order valence-corrected chi connectivity index (χ0v) is 9.66. The van der Waals surface area contributed by atoms with Crippen LogP contribution in [0.1, 0.15) is 12.0 Å². The first-order valence-electron chi connectivity index (χ1n) is 5.15. The predicted molar refractivity (Wildman–Crippen MR) is 62.3 cm³/mol. The lowest BCUT2D eigenvalue weighted by Crippen LogP contribution is -2.09. The zero-order chi connectivity index (χ0) is 11.8. The lowest BCUT2D eigenvalue weighted by Gasteiger charge is -2.07. The van der Waals surface area contributed by atoms with Crippen LogP contribution in [0.25, 0.3) is 0 Å². The number of rotatable bonds is 6. The maximum Gasteiger partial charge on any atom is 0.307 e. The highest BCUT2D eigenvalue weighted by molar-refractivity contribution is 5.69. The largest absolute Gasteiger partial charge is 0.469 e. The Morgan fingerprint density at radius 1 is 1.38 bits per heavy atom. The topological polar surface area (TPSA) is 47.6 Å². The molecule has 0 aromatic heterocycles. The summed E-state index contributed by atoms with van der Waals surface area (Å²) in [6.45, 7) is 1.16. The fourth-order valence-electron chi connectivity index (χ4n) is 1.35. The van der Waals surface area contributed by atoms with Crippen molar-refractivity contribution in [2.45, 2.75) is 13.0 Å². The number of carbonyl (C=O) groups is 1. The number of hydrogen-bond acceptors (Lipinski definition) is 4. The second-order valence-electron chi connectivity index (χ2n) is 3.39. The van der Waals surface area contributed by atoms with E-state index in [1.54, 1.807) is 7.11 Å². The molecular weight excluding hydrogens is 206 g/mol. The molecule has 0 saturated heterocycles. The van der Waals surface area contributed by atoms with Gasteiger partial charge in [-0.3, -0.25) is 4.79 Å². The van der Waals surface area contributed by atoms with Gasteiger partial charge in [-0.25, -0.2) is 0 Å². The third-order valence-corrected chi connectivity index (χ3v) is 2.12. The molecule has 16 heavy (non-hydrogen) atoms. The van der Waals surface area contributed by atoms with Crippen molar-refractivity contribution in [3.05, 3.63) is 29.8 Å². The number of nitrogens with one attached hydrogen (secondary N) is 1. The standard InChI is InChI=1S/C12H17NO3/c1-15-9-10-4-3-5-11(8-10)13-7-6-12(14)16-2/h3-5,8,13H,6-7,9H2,1-2H3. The molecule has 0 aliphatic carbocycles. The van der Waals surface area contributed by atoms with Crippen LogP contribution in [0, 0.1) is 0 Å². The van der Waals surface area contributed by atoms with Gasteiger partial charge in [-0.15, -0.1) is 0 Å². The van der Waals surface area contributed by atoms with Gasteiger partial charge < -0.3 is 14.8 Å². The van der Waals surface area contributed by atoms with Crippen molar-refractivity contribution in [3.8, 4) is 0 Å². The van der Waals surface area contributed by atoms with Crippen LogP contribution in [-0.4, -0.2) is 26.7 Å². The molecule has 1 aromatic carbocycles. The van der Waals surface area contributed by atoms with Crippen molar-refractivity contribution in [2.75, 3.05) is 26.1 Å². The first-order chi connectivity index (χ1) is 7.76. The Bertz CT molecular complexity index is 339.